The molecule has 0 radical (unpaired) electrons. The number of nitrogens with one attached hydrogen (secondary N) is 1. The minimum atomic E-state index is -0.454. The van der Waals surface area contributed by atoms with Crippen molar-refractivity contribution in [2.24, 2.45) is 4.99 Å². The summed E-state index contributed by atoms with van der Waals surface area (Å²) in [5.41, 5.74) is 3.92. The van der Waals surface area contributed by atoms with Crippen molar-refractivity contribution in [1.29, 1.82) is 0 Å². The number of aliphatic imine (C=N–C) groups is 1. The summed E-state index contributed by atoms with van der Waals surface area (Å²) in [7, 11) is 0. The number of carbonyl (C=O) groups excluding carboxylic acids is 1. The number of thiocarbonyl (C=S) groups is 1. The second kappa shape index (κ2) is 9.23. The molecular weight excluding hydrogens is 411 g/mol. The van der Waals surface area contributed by atoms with Gasteiger partial charge in [0.05, 0.1) is 4.91 Å². The number of carbonyl (C=O) groups is 1. The number of benzene rings is 1. The number of piperidine rings is 1. The summed E-state index contributed by atoms with van der Waals surface area (Å²) in [6.07, 6.45) is 6.66. The van der Waals surface area contributed by atoms with Gasteiger partial charge in [-0.1, -0.05) is 12.2 Å². The highest BCUT2D eigenvalue weighted by molar-refractivity contribution is 8.19. The number of amides is 1. The van der Waals surface area contributed by atoms with Gasteiger partial charge in [0.25, 0.3) is 0 Å². The fourth-order valence-corrected chi connectivity index (χ4v) is 4.70. The maximum absolute atomic E-state index is 13.8. The summed E-state index contributed by atoms with van der Waals surface area (Å²) in [4.78, 5) is 19.9. The molecule has 3 aliphatic rings. The van der Waals surface area contributed by atoms with Crippen LogP contribution in [0, 0.1) is 5.82 Å². The van der Waals surface area contributed by atoms with E-state index in [9.17, 15) is 9.18 Å². The van der Waals surface area contributed by atoms with Gasteiger partial charge >= 0.3 is 6.09 Å². The van der Waals surface area contributed by atoms with Crippen molar-refractivity contribution < 1.29 is 13.9 Å². The molecule has 0 aromatic heterocycles. The van der Waals surface area contributed by atoms with Gasteiger partial charge in [-0.15, -0.1) is 0 Å². The topological polar surface area (TPSA) is 57.2 Å². The molecule has 1 aromatic carbocycles. The highest BCUT2D eigenvalue weighted by atomic mass is 32.2. The number of likely N-dealkylation sites (tertiary alicyclic amines) is 1. The van der Waals surface area contributed by atoms with E-state index in [2.05, 4.69) is 10.4 Å². The van der Waals surface area contributed by atoms with Gasteiger partial charge in [0.1, 0.15) is 16.6 Å². The van der Waals surface area contributed by atoms with E-state index in [4.69, 9.17) is 17.0 Å². The van der Waals surface area contributed by atoms with Crippen molar-refractivity contribution in [3.63, 3.8) is 0 Å². The fourth-order valence-electron chi connectivity index (χ4n) is 3.46. The summed E-state index contributed by atoms with van der Waals surface area (Å²) < 4.78 is 19.4. The van der Waals surface area contributed by atoms with Crippen LogP contribution in [0.4, 0.5) is 9.18 Å². The van der Waals surface area contributed by atoms with E-state index in [-0.39, 0.29) is 5.75 Å². The molecule has 0 saturated carbocycles. The lowest BCUT2D eigenvalue weighted by Gasteiger charge is -2.28. The largest absolute Gasteiger partial charge is 0.415 e. The van der Waals surface area contributed by atoms with E-state index in [1.165, 1.54) is 23.9 Å². The van der Waals surface area contributed by atoms with Gasteiger partial charge in [-0.2, -0.15) is 0 Å². The number of amidine groups is 1. The highest BCUT2D eigenvalue weighted by Gasteiger charge is 2.25. The zero-order chi connectivity index (χ0) is 20.2. The fraction of sp³-hybridized carbons (Fsp3) is 0.450. The number of thioether (sulfide) groups is 1. The van der Waals surface area contributed by atoms with Crippen LogP contribution in [0.5, 0.6) is 5.75 Å². The molecule has 1 aromatic rings. The van der Waals surface area contributed by atoms with Crippen LogP contribution in [-0.2, 0) is 0 Å². The lowest BCUT2D eigenvalue weighted by molar-refractivity contribution is 0.142. The molecule has 1 amide bonds. The molecule has 0 unspecified atom stereocenters. The van der Waals surface area contributed by atoms with Gasteiger partial charge < -0.3 is 9.64 Å². The maximum Gasteiger partial charge on any atom is 0.415 e. The lowest BCUT2D eigenvalue weighted by Crippen LogP contribution is -2.45. The minimum absolute atomic E-state index is 0.195. The molecular formula is C20H23FN4O2S2. The van der Waals surface area contributed by atoms with Crippen LogP contribution in [0.3, 0.4) is 0 Å². The van der Waals surface area contributed by atoms with Crippen LogP contribution in [-0.4, -0.2) is 52.3 Å². The normalized spacial score (nSPS) is 21.5. The number of nitrogens with zero attached hydrogens (tertiary/aromatic N) is 3. The van der Waals surface area contributed by atoms with Gasteiger partial charge in [-0.3, -0.25) is 5.01 Å². The molecule has 154 valence electrons. The standard InChI is InChI=1S/C20H23FN4O2S2/c21-15-7-6-14(16(13-15)27-20(26)24-9-3-1-4-10-24)12-17-18(28)23-19(29-17)25-11-5-2-8-22-25/h6-7,12-13,22H,1-5,8-11H2/b17-12-. The Morgan fingerprint density at radius 2 is 2.00 bits per heavy atom. The number of hydrogen-bond acceptors (Lipinski definition) is 6. The first-order valence-electron chi connectivity index (χ1n) is 9.90. The predicted molar refractivity (Wildman–Crippen MR) is 117 cm³/mol. The van der Waals surface area contributed by atoms with E-state index >= 15 is 0 Å². The smallest absolute Gasteiger partial charge is 0.409 e. The van der Waals surface area contributed by atoms with Crippen LogP contribution < -0.4 is 10.2 Å². The summed E-state index contributed by atoms with van der Waals surface area (Å²) in [5, 5.41) is 2.83. The van der Waals surface area contributed by atoms with Crippen molar-refractivity contribution in [2.75, 3.05) is 26.2 Å². The van der Waals surface area contributed by atoms with Gasteiger partial charge in [0.2, 0.25) is 0 Å². The molecule has 4 rings (SSSR count). The number of halogens is 1. The van der Waals surface area contributed by atoms with Crippen LogP contribution in [0.15, 0.2) is 28.1 Å². The molecule has 0 bridgehead atoms. The van der Waals surface area contributed by atoms with E-state index in [1.54, 1.807) is 11.0 Å². The van der Waals surface area contributed by atoms with E-state index in [1.807, 2.05) is 11.1 Å². The first-order valence-corrected chi connectivity index (χ1v) is 11.1. The second-order valence-corrected chi connectivity index (χ2v) is 8.57. The molecule has 1 N–H and O–H groups in total. The average Bonchev–Trinajstić information content (AvgIpc) is 3.11. The lowest BCUT2D eigenvalue weighted by atomic mass is 10.1. The number of ether oxygens (including phenoxy) is 1. The van der Waals surface area contributed by atoms with Crippen LogP contribution >= 0.6 is 24.0 Å². The summed E-state index contributed by atoms with van der Waals surface area (Å²) in [6.45, 7) is 3.14. The molecule has 0 atom stereocenters. The quantitative estimate of drug-likeness (QED) is 0.557. The van der Waals surface area contributed by atoms with Crippen molar-refractivity contribution in [3.8, 4) is 5.75 Å². The first kappa shape index (κ1) is 20.3. The molecule has 0 aliphatic carbocycles. The third-order valence-corrected chi connectivity index (χ3v) is 6.49. The monoisotopic (exact) mass is 434 g/mol. The number of hydrazine groups is 1. The summed E-state index contributed by atoms with van der Waals surface area (Å²) in [6, 6.07) is 4.19. The van der Waals surface area contributed by atoms with E-state index in [0.717, 1.165) is 55.3 Å². The Bertz CT molecular complexity index is 862. The summed E-state index contributed by atoms with van der Waals surface area (Å²) >= 11 is 6.89. The molecule has 2 saturated heterocycles. The van der Waals surface area contributed by atoms with Gasteiger partial charge in [0.15, 0.2) is 5.17 Å². The first-order chi connectivity index (χ1) is 14.1. The van der Waals surface area contributed by atoms with E-state index < -0.39 is 11.9 Å². The number of hydrogen-bond donors (Lipinski definition) is 1. The van der Waals surface area contributed by atoms with E-state index in [0.29, 0.717) is 23.6 Å². The molecule has 3 aliphatic heterocycles. The second-order valence-electron chi connectivity index (χ2n) is 7.17. The van der Waals surface area contributed by atoms with Crippen molar-refractivity contribution in [2.45, 2.75) is 32.1 Å². The molecule has 29 heavy (non-hydrogen) atoms. The Kier molecular flexibility index (Phi) is 6.46. The Morgan fingerprint density at radius 1 is 1.21 bits per heavy atom. The maximum atomic E-state index is 13.8. The third kappa shape index (κ3) is 4.96. The Labute approximate surface area is 179 Å². The predicted octanol–water partition coefficient (Wildman–Crippen LogP) is 4.18. The Hall–Kier alpha value is -1.97. The average molecular weight is 435 g/mol. The van der Waals surface area contributed by atoms with Crippen molar-refractivity contribution >= 4 is 46.3 Å². The van der Waals surface area contributed by atoms with Gasteiger partial charge in [-0.05, 0) is 62.1 Å². The Morgan fingerprint density at radius 3 is 2.76 bits per heavy atom. The molecule has 3 heterocycles. The Balaban J connectivity index is 1.51. The zero-order valence-electron chi connectivity index (χ0n) is 16.0. The molecule has 0 spiro atoms. The van der Waals surface area contributed by atoms with Crippen LogP contribution in [0.25, 0.3) is 6.08 Å². The van der Waals surface area contributed by atoms with Crippen LogP contribution in [0.2, 0.25) is 0 Å². The summed E-state index contributed by atoms with van der Waals surface area (Å²) in [5.74, 6) is -0.259. The minimum Gasteiger partial charge on any atom is -0.409 e. The SMILES string of the molecule is O=C(Oc1cc(F)ccc1/C=C1\SC(N2CCCCN2)=NC1=S)N1CCCCC1. The number of rotatable bonds is 2. The highest BCUT2D eigenvalue weighted by Crippen LogP contribution is 2.33. The third-order valence-electron chi connectivity index (χ3n) is 5.03. The van der Waals surface area contributed by atoms with Crippen LogP contribution in [0.1, 0.15) is 37.7 Å². The van der Waals surface area contributed by atoms with Crippen molar-refractivity contribution in [3.05, 3.63) is 34.5 Å². The molecule has 2 fully saturated rings. The zero-order valence-corrected chi connectivity index (χ0v) is 17.7. The molecule has 6 nitrogen and oxygen atoms in total. The van der Waals surface area contributed by atoms with Gasteiger partial charge in [-0.25, -0.2) is 19.6 Å². The van der Waals surface area contributed by atoms with Gasteiger partial charge in [0, 0.05) is 37.8 Å². The van der Waals surface area contributed by atoms with Crippen molar-refractivity contribution in [1.82, 2.24) is 15.3 Å². The molecule has 9 heteroatoms.